The lowest BCUT2D eigenvalue weighted by Gasteiger charge is -2.30. The third kappa shape index (κ3) is 3.51. The Morgan fingerprint density at radius 2 is 1.65 bits per heavy atom. The van der Waals surface area contributed by atoms with Gasteiger partial charge >= 0.3 is 0 Å². The number of nitrogens with one attached hydrogen (secondary N) is 1. The highest BCUT2D eigenvalue weighted by Crippen LogP contribution is 2.42. The first-order valence-corrected chi connectivity index (χ1v) is 13.1. The van der Waals surface area contributed by atoms with Crippen LogP contribution < -0.4 is 4.98 Å². The zero-order chi connectivity index (χ0) is 18.0. The summed E-state index contributed by atoms with van der Waals surface area (Å²) in [6.45, 7) is 8.48. The summed E-state index contributed by atoms with van der Waals surface area (Å²) in [6.07, 6.45) is 6.35. The minimum absolute atomic E-state index is 0.560. The molecule has 0 spiro atoms. The fraction of sp³-hybridized carbons (Fsp3) is 0.391. The van der Waals surface area contributed by atoms with Crippen LogP contribution >= 0.6 is 0 Å². The average molecular weight is 363 g/mol. The second-order valence-corrected chi connectivity index (χ2v) is 12.6. The summed E-state index contributed by atoms with van der Waals surface area (Å²) in [4.78, 5) is 6.58. The van der Waals surface area contributed by atoms with Crippen molar-refractivity contribution in [3.05, 3.63) is 77.4 Å². The highest BCUT2D eigenvalue weighted by molar-refractivity contribution is 6.77. The largest absolute Gasteiger partial charge is 0.371 e. The van der Waals surface area contributed by atoms with Gasteiger partial charge in [0, 0.05) is 29.9 Å². The minimum Gasteiger partial charge on any atom is -0.371 e. The van der Waals surface area contributed by atoms with Gasteiger partial charge in [-0.1, -0.05) is 73.8 Å². The van der Waals surface area contributed by atoms with Crippen LogP contribution in [0.3, 0.4) is 0 Å². The first-order chi connectivity index (χ1) is 12.6. The molecule has 1 fully saturated rings. The van der Waals surface area contributed by atoms with Crippen LogP contribution in [0.25, 0.3) is 5.70 Å². The molecular weight excluding hydrogens is 332 g/mol. The molecule has 4 rings (SSSR count). The number of likely N-dealkylation sites (tertiary alicyclic amines) is 1. The zero-order valence-corrected chi connectivity index (χ0v) is 17.0. The molecule has 1 heterocycles. The summed E-state index contributed by atoms with van der Waals surface area (Å²) < 4.78 is 0. The van der Waals surface area contributed by atoms with E-state index in [1.54, 1.807) is 5.56 Å². The number of hydrogen-bond acceptors (Lipinski definition) is 2. The Kier molecular flexibility index (Phi) is 5.01. The molecule has 0 bridgehead atoms. The summed E-state index contributed by atoms with van der Waals surface area (Å²) >= 11 is 0. The standard InChI is InChI=1S/C23H30N2Si/c1-26(2,24-15-14-19-10-4-3-5-11-19)23-18-22(25-16-8-9-17-25)20-12-6-7-13-21(20)23/h3-7,10-13,18,23-24H,8-9,14-17H2,1-2H3. The van der Waals surface area contributed by atoms with Gasteiger partial charge in [-0.3, -0.25) is 0 Å². The molecule has 0 aromatic heterocycles. The van der Waals surface area contributed by atoms with Crippen molar-refractivity contribution in [3.8, 4) is 0 Å². The molecule has 2 aromatic carbocycles. The smallest absolute Gasteiger partial charge is 0.130 e. The summed E-state index contributed by atoms with van der Waals surface area (Å²) in [6, 6.07) is 19.9. The maximum atomic E-state index is 3.98. The van der Waals surface area contributed by atoms with E-state index in [2.05, 4.69) is 83.6 Å². The SMILES string of the molecule is C[Si](C)(NCCc1ccccc1)C1C=C(N2CCCC2)c2ccccc21. The molecule has 1 saturated heterocycles. The van der Waals surface area contributed by atoms with E-state index in [0.29, 0.717) is 5.54 Å². The van der Waals surface area contributed by atoms with Crippen molar-refractivity contribution in [2.24, 2.45) is 0 Å². The second kappa shape index (κ2) is 7.41. The molecule has 1 aliphatic carbocycles. The van der Waals surface area contributed by atoms with Crippen LogP contribution in [0.4, 0.5) is 0 Å². The Morgan fingerprint density at radius 1 is 0.962 bits per heavy atom. The summed E-state index contributed by atoms with van der Waals surface area (Å²) in [5, 5.41) is 0. The zero-order valence-electron chi connectivity index (χ0n) is 16.0. The van der Waals surface area contributed by atoms with Gasteiger partial charge < -0.3 is 9.88 Å². The molecule has 1 N–H and O–H groups in total. The highest BCUT2D eigenvalue weighted by Gasteiger charge is 2.38. The number of nitrogens with zero attached hydrogens (tertiary/aromatic N) is 1. The molecule has 0 amide bonds. The lowest BCUT2D eigenvalue weighted by molar-refractivity contribution is 0.494. The van der Waals surface area contributed by atoms with Crippen LogP contribution in [0.5, 0.6) is 0 Å². The molecule has 136 valence electrons. The van der Waals surface area contributed by atoms with Gasteiger partial charge in [-0.15, -0.1) is 0 Å². The van der Waals surface area contributed by atoms with Crippen molar-refractivity contribution in [3.63, 3.8) is 0 Å². The lowest BCUT2D eigenvalue weighted by Crippen LogP contribution is -2.50. The van der Waals surface area contributed by atoms with Gasteiger partial charge in [-0.2, -0.15) is 0 Å². The van der Waals surface area contributed by atoms with Crippen LogP contribution in [0.1, 0.15) is 35.1 Å². The van der Waals surface area contributed by atoms with Crippen molar-refractivity contribution in [1.29, 1.82) is 0 Å². The van der Waals surface area contributed by atoms with Crippen LogP contribution in [0.15, 0.2) is 60.7 Å². The topological polar surface area (TPSA) is 15.3 Å². The summed E-state index contributed by atoms with van der Waals surface area (Å²) in [5.41, 5.74) is 6.49. The molecule has 0 radical (unpaired) electrons. The third-order valence-electron chi connectivity index (χ3n) is 5.96. The molecular formula is C23H30N2Si. The lowest BCUT2D eigenvalue weighted by atomic mass is 10.1. The number of fused-ring (bicyclic) bond motifs is 1. The van der Waals surface area contributed by atoms with Gasteiger partial charge in [0.2, 0.25) is 0 Å². The van der Waals surface area contributed by atoms with Crippen LogP contribution in [-0.2, 0) is 6.42 Å². The van der Waals surface area contributed by atoms with E-state index in [0.717, 1.165) is 13.0 Å². The number of allylic oxidation sites excluding steroid dienone is 1. The summed E-state index contributed by atoms with van der Waals surface area (Å²) in [5.74, 6) is 0. The van der Waals surface area contributed by atoms with E-state index in [1.807, 2.05) is 0 Å². The Bertz CT molecular complexity index is 776. The molecule has 3 heteroatoms. The van der Waals surface area contributed by atoms with E-state index in [4.69, 9.17) is 0 Å². The van der Waals surface area contributed by atoms with E-state index in [1.165, 1.54) is 42.8 Å². The number of benzene rings is 2. The van der Waals surface area contributed by atoms with Crippen molar-refractivity contribution in [2.45, 2.75) is 37.9 Å². The van der Waals surface area contributed by atoms with Gasteiger partial charge in [0.1, 0.15) is 8.24 Å². The molecule has 1 unspecified atom stereocenters. The Balaban J connectivity index is 1.51. The van der Waals surface area contributed by atoms with E-state index >= 15 is 0 Å². The third-order valence-corrected chi connectivity index (χ3v) is 9.15. The molecule has 2 aromatic rings. The van der Waals surface area contributed by atoms with Crippen molar-refractivity contribution >= 4 is 13.9 Å². The molecule has 1 aliphatic heterocycles. The van der Waals surface area contributed by atoms with Gasteiger partial charge in [0.25, 0.3) is 0 Å². The van der Waals surface area contributed by atoms with E-state index in [9.17, 15) is 0 Å². The van der Waals surface area contributed by atoms with Gasteiger partial charge in [0.05, 0.1) is 0 Å². The Morgan fingerprint density at radius 3 is 2.42 bits per heavy atom. The fourth-order valence-electron chi connectivity index (χ4n) is 4.45. The number of rotatable bonds is 6. The first-order valence-electron chi connectivity index (χ1n) is 10.0. The maximum absolute atomic E-state index is 3.98. The van der Waals surface area contributed by atoms with Gasteiger partial charge in [-0.05, 0) is 36.9 Å². The minimum atomic E-state index is -1.62. The van der Waals surface area contributed by atoms with Gasteiger partial charge in [0.15, 0.2) is 0 Å². The highest BCUT2D eigenvalue weighted by atomic mass is 28.3. The molecule has 26 heavy (non-hydrogen) atoms. The van der Waals surface area contributed by atoms with Gasteiger partial charge in [-0.25, -0.2) is 0 Å². The molecule has 2 nitrogen and oxygen atoms in total. The molecule has 2 aliphatic rings. The summed E-state index contributed by atoms with van der Waals surface area (Å²) in [7, 11) is -1.62. The quantitative estimate of drug-likeness (QED) is 0.743. The predicted molar refractivity (Wildman–Crippen MR) is 114 cm³/mol. The van der Waals surface area contributed by atoms with Crippen LogP contribution in [0.2, 0.25) is 13.1 Å². The second-order valence-electron chi connectivity index (χ2n) is 8.20. The monoisotopic (exact) mass is 362 g/mol. The first kappa shape index (κ1) is 17.6. The molecule has 0 saturated carbocycles. The number of hydrogen-bond donors (Lipinski definition) is 1. The van der Waals surface area contributed by atoms with Crippen LogP contribution in [-0.4, -0.2) is 32.8 Å². The molecule has 1 atom stereocenters. The normalized spacial score (nSPS) is 19.5. The Labute approximate surface area is 159 Å². The van der Waals surface area contributed by atoms with Crippen molar-refractivity contribution in [1.82, 2.24) is 9.88 Å². The van der Waals surface area contributed by atoms with Crippen LogP contribution in [0, 0.1) is 0 Å². The predicted octanol–water partition coefficient (Wildman–Crippen LogP) is 4.80. The fourth-order valence-corrected chi connectivity index (χ4v) is 7.05. The van der Waals surface area contributed by atoms with E-state index < -0.39 is 8.24 Å². The van der Waals surface area contributed by atoms with Crippen molar-refractivity contribution < 1.29 is 0 Å². The van der Waals surface area contributed by atoms with E-state index in [-0.39, 0.29) is 0 Å². The maximum Gasteiger partial charge on any atom is 0.130 e. The Hall–Kier alpha value is -1.84. The van der Waals surface area contributed by atoms with Crippen molar-refractivity contribution in [2.75, 3.05) is 19.6 Å². The average Bonchev–Trinajstić information content (AvgIpc) is 3.30.